The average molecular weight is 182 g/mol. The topological polar surface area (TPSA) is 75.4 Å². The fourth-order valence-electron chi connectivity index (χ4n) is 0.455. The Hall–Kier alpha value is -0.750. The van der Waals surface area contributed by atoms with Crippen LogP contribution in [0.25, 0.3) is 0 Å². The van der Waals surface area contributed by atoms with Gasteiger partial charge in [-0.3, -0.25) is 4.79 Å². The third-order valence-electron chi connectivity index (χ3n) is 1.19. The Bertz CT molecular complexity index is 152. The van der Waals surface area contributed by atoms with Crippen molar-refractivity contribution in [1.29, 1.82) is 0 Å². The molecule has 0 aromatic carbocycles. The molecule has 0 heterocycles. The first-order valence-electron chi connectivity index (χ1n) is 3.44. The van der Waals surface area contributed by atoms with Gasteiger partial charge in [0.05, 0.1) is 6.04 Å². The van der Waals surface area contributed by atoms with Crippen LogP contribution in [0.3, 0.4) is 0 Å². The number of hydrogen-bond acceptors (Lipinski definition) is 3. The van der Waals surface area contributed by atoms with Gasteiger partial charge in [-0.2, -0.15) is 0 Å². The molecule has 2 atom stereocenters. The molecule has 0 aliphatic rings. The number of halogens is 2. The van der Waals surface area contributed by atoms with Gasteiger partial charge in [0.1, 0.15) is 6.10 Å². The third-order valence-corrected chi connectivity index (χ3v) is 1.19. The highest BCUT2D eigenvalue weighted by atomic mass is 19.3. The lowest BCUT2D eigenvalue weighted by molar-refractivity contribution is -0.123. The van der Waals surface area contributed by atoms with E-state index in [1.807, 2.05) is 0 Å². The van der Waals surface area contributed by atoms with Gasteiger partial charge in [0.15, 0.2) is 0 Å². The lowest BCUT2D eigenvalue weighted by Gasteiger charge is -2.11. The van der Waals surface area contributed by atoms with E-state index >= 15 is 0 Å². The molecule has 0 spiro atoms. The number of amides is 1. The first kappa shape index (κ1) is 11.2. The molecular weight excluding hydrogens is 170 g/mol. The molecule has 0 rings (SSSR count). The van der Waals surface area contributed by atoms with Crippen molar-refractivity contribution in [2.24, 2.45) is 5.73 Å². The molecule has 4 N–H and O–H groups in total. The monoisotopic (exact) mass is 182 g/mol. The Labute approximate surface area is 68.7 Å². The Balaban J connectivity index is 3.61. The molecule has 0 aromatic heterocycles. The first-order chi connectivity index (χ1) is 5.45. The molecule has 0 aliphatic carbocycles. The van der Waals surface area contributed by atoms with Crippen LogP contribution in [0.4, 0.5) is 8.78 Å². The lowest BCUT2D eigenvalue weighted by atomic mass is 10.3. The second kappa shape index (κ2) is 5.00. The summed E-state index contributed by atoms with van der Waals surface area (Å²) in [5, 5.41) is 10.6. The molecule has 1 amide bonds. The number of nitrogens with two attached hydrogens (primary N) is 1. The molecule has 0 bridgehead atoms. The van der Waals surface area contributed by atoms with Crippen LogP contribution in [-0.2, 0) is 4.79 Å². The molecule has 6 heteroatoms. The Morgan fingerprint density at radius 1 is 1.67 bits per heavy atom. The predicted octanol–water partition coefficient (Wildman–Crippen LogP) is -0.924. The standard InChI is InChI=1S/C6H12F2N2O2/c1-3(9)6(12)10-2-4(11)5(7)8/h3-5,11H,2,9H2,1H3,(H,10,12). The van der Waals surface area contributed by atoms with Crippen LogP contribution >= 0.6 is 0 Å². The summed E-state index contributed by atoms with van der Waals surface area (Å²) in [6.07, 6.45) is -4.67. The number of rotatable bonds is 4. The fraction of sp³-hybridized carbons (Fsp3) is 0.833. The van der Waals surface area contributed by atoms with Crippen molar-refractivity contribution in [2.45, 2.75) is 25.5 Å². The van der Waals surface area contributed by atoms with Crippen LogP contribution in [0, 0.1) is 0 Å². The van der Waals surface area contributed by atoms with Gasteiger partial charge in [-0.25, -0.2) is 8.78 Å². The zero-order valence-corrected chi connectivity index (χ0v) is 6.63. The van der Waals surface area contributed by atoms with Crippen molar-refractivity contribution in [3.63, 3.8) is 0 Å². The Morgan fingerprint density at radius 2 is 2.17 bits per heavy atom. The molecule has 2 unspecified atom stereocenters. The fourth-order valence-corrected chi connectivity index (χ4v) is 0.455. The zero-order valence-electron chi connectivity index (χ0n) is 6.63. The van der Waals surface area contributed by atoms with Crippen molar-refractivity contribution in [3.8, 4) is 0 Å². The van der Waals surface area contributed by atoms with Gasteiger partial charge >= 0.3 is 0 Å². The van der Waals surface area contributed by atoms with Crippen LogP contribution in [0.5, 0.6) is 0 Å². The highest BCUT2D eigenvalue weighted by Crippen LogP contribution is 1.98. The number of alkyl halides is 2. The normalized spacial score (nSPS) is 15.8. The molecule has 0 saturated carbocycles. The molecule has 12 heavy (non-hydrogen) atoms. The van der Waals surface area contributed by atoms with Crippen molar-refractivity contribution in [3.05, 3.63) is 0 Å². The zero-order chi connectivity index (χ0) is 9.72. The second-order valence-electron chi connectivity index (χ2n) is 2.44. The van der Waals surface area contributed by atoms with Crippen LogP contribution < -0.4 is 11.1 Å². The van der Waals surface area contributed by atoms with Crippen LogP contribution in [0.1, 0.15) is 6.92 Å². The van der Waals surface area contributed by atoms with Crippen molar-refractivity contribution >= 4 is 5.91 Å². The lowest BCUT2D eigenvalue weighted by Crippen LogP contribution is -2.43. The summed E-state index contributed by atoms with van der Waals surface area (Å²) in [6.45, 7) is 0.947. The summed E-state index contributed by atoms with van der Waals surface area (Å²) in [4.78, 5) is 10.7. The summed E-state index contributed by atoms with van der Waals surface area (Å²) >= 11 is 0. The van der Waals surface area contributed by atoms with E-state index in [-0.39, 0.29) is 0 Å². The van der Waals surface area contributed by atoms with Gasteiger partial charge in [-0.15, -0.1) is 0 Å². The maximum Gasteiger partial charge on any atom is 0.265 e. The smallest absolute Gasteiger partial charge is 0.265 e. The van der Waals surface area contributed by atoms with E-state index in [1.54, 1.807) is 0 Å². The summed E-state index contributed by atoms with van der Waals surface area (Å²) in [7, 11) is 0. The molecule has 0 saturated heterocycles. The average Bonchev–Trinajstić information content (AvgIpc) is 1.98. The molecular formula is C6H12F2N2O2. The van der Waals surface area contributed by atoms with E-state index in [0.29, 0.717) is 0 Å². The number of aliphatic hydroxyl groups is 1. The van der Waals surface area contributed by atoms with Gasteiger partial charge < -0.3 is 16.2 Å². The number of hydrogen-bond donors (Lipinski definition) is 3. The minimum Gasteiger partial charge on any atom is -0.385 e. The van der Waals surface area contributed by atoms with Crippen molar-refractivity contribution < 1.29 is 18.7 Å². The molecule has 72 valence electrons. The molecule has 4 nitrogen and oxygen atoms in total. The van der Waals surface area contributed by atoms with Gasteiger partial charge in [0.25, 0.3) is 6.43 Å². The third kappa shape index (κ3) is 4.20. The summed E-state index contributed by atoms with van der Waals surface area (Å²) in [5.74, 6) is -0.560. The van der Waals surface area contributed by atoms with E-state index in [4.69, 9.17) is 10.8 Å². The van der Waals surface area contributed by atoms with Gasteiger partial charge in [0.2, 0.25) is 5.91 Å². The van der Waals surface area contributed by atoms with Crippen LogP contribution in [0.15, 0.2) is 0 Å². The largest absolute Gasteiger partial charge is 0.385 e. The van der Waals surface area contributed by atoms with Gasteiger partial charge in [0, 0.05) is 6.54 Å². The van der Waals surface area contributed by atoms with Gasteiger partial charge in [-0.05, 0) is 6.92 Å². The second-order valence-corrected chi connectivity index (χ2v) is 2.44. The van der Waals surface area contributed by atoms with E-state index < -0.39 is 31.0 Å². The minimum atomic E-state index is -2.85. The highest BCUT2D eigenvalue weighted by molar-refractivity contribution is 5.80. The van der Waals surface area contributed by atoms with E-state index in [0.717, 1.165) is 0 Å². The quantitative estimate of drug-likeness (QED) is 0.526. The van der Waals surface area contributed by atoms with E-state index in [2.05, 4.69) is 5.32 Å². The molecule has 0 fully saturated rings. The number of carbonyl (C=O) groups is 1. The number of aliphatic hydroxyl groups excluding tert-OH is 1. The summed E-state index contributed by atoms with van der Waals surface area (Å²) < 4.78 is 23.3. The summed E-state index contributed by atoms with van der Waals surface area (Å²) in [6, 6.07) is -0.755. The minimum absolute atomic E-state index is 0.474. The molecule has 0 aromatic rings. The maximum atomic E-state index is 11.6. The van der Waals surface area contributed by atoms with E-state index in [1.165, 1.54) is 6.92 Å². The van der Waals surface area contributed by atoms with E-state index in [9.17, 15) is 13.6 Å². The highest BCUT2D eigenvalue weighted by Gasteiger charge is 2.18. The number of carbonyl (C=O) groups excluding carboxylic acids is 1. The van der Waals surface area contributed by atoms with Crippen molar-refractivity contribution in [1.82, 2.24) is 5.32 Å². The van der Waals surface area contributed by atoms with Gasteiger partial charge in [-0.1, -0.05) is 0 Å². The SMILES string of the molecule is CC(N)C(=O)NCC(O)C(F)F. The maximum absolute atomic E-state index is 11.6. The van der Waals surface area contributed by atoms with Crippen LogP contribution in [0.2, 0.25) is 0 Å². The predicted molar refractivity (Wildman–Crippen MR) is 38.7 cm³/mol. The molecule has 0 radical (unpaired) electrons. The van der Waals surface area contributed by atoms with Crippen LogP contribution in [-0.4, -0.2) is 36.1 Å². The number of nitrogens with one attached hydrogen (secondary N) is 1. The Kier molecular flexibility index (Phi) is 4.68. The first-order valence-corrected chi connectivity index (χ1v) is 3.44. The molecule has 0 aliphatic heterocycles. The summed E-state index contributed by atoms with van der Waals surface area (Å²) in [5.41, 5.74) is 5.12. The van der Waals surface area contributed by atoms with Crippen molar-refractivity contribution in [2.75, 3.05) is 6.54 Å². The Morgan fingerprint density at radius 3 is 2.50 bits per heavy atom.